The van der Waals surface area contributed by atoms with Crippen molar-refractivity contribution in [3.8, 4) is 23.1 Å². The van der Waals surface area contributed by atoms with Crippen LogP contribution in [0, 0.1) is 11.8 Å². The van der Waals surface area contributed by atoms with Crippen LogP contribution >= 0.6 is 0 Å². The number of aromatic nitrogens is 4. The molecule has 4 rings (SSSR count). The lowest BCUT2D eigenvalue weighted by Gasteiger charge is -2.12. The molecule has 3 aromatic heterocycles. The van der Waals surface area contributed by atoms with Crippen molar-refractivity contribution in [2.24, 2.45) is 0 Å². The summed E-state index contributed by atoms with van der Waals surface area (Å²) in [5.41, 5.74) is 3.72. The fourth-order valence-electron chi connectivity index (χ4n) is 2.85. The monoisotopic (exact) mass is 477 g/mol. The molecule has 176 valence electrons. The van der Waals surface area contributed by atoms with Gasteiger partial charge in [0.05, 0.1) is 23.0 Å². The fraction of sp³-hybridized carbons (Fsp3) is 0.174. The lowest BCUT2D eigenvalue weighted by molar-refractivity contribution is -0.142. The van der Waals surface area contributed by atoms with Crippen molar-refractivity contribution >= 4 is 11.5 Å². The minimum Gasteiger partial charge on any atom is -0.384 e. The highest BCUT2D eigenvalue weighted by atomic mass is 19.4. The van der Waals surface area contributed by atoms with Gasteiger partial charge in [-0.05, 0) is 30.3 Å². The molecule has 3 heterocycles. The number of anilines is 1. The average molecular weight is 477 g/mol. The Morgan fingerprint density at radius 2 is 1.53 bits per heavy atom. The van der Waals surface area contributed by atoms with E-state index < -0.39 is 23.6 Å². The van der Waals surface area contributed by atoms with Crippen molar-refractivity contribution in [2.75, 3.05) is 5.73 Å². The Morgan fingerprint density at radius 1 is 0.853 bits per heavy atom. The molecule has 0 aliphatic heterocycles. The predicted octanol–water partition coefficient (Wildman–Crippen LogP) is 5.84. The summed E-state index contributed by atoms with van der Waals surface area (Å²) in [4.78, 5) is 8.05. The number of hydrogen-bond donors (Lipinski definition) is 1. The van der Waals surface area contributed by atoms with Crippen LogP contribution in [-0.4, -0.2) is 19.6 Å². The molecule has 0 atom stereocenters. The highest BCUT2D eigenvalue weighted by molar-refractivity contribution is 5.67. The van der Waals surface area contributed by atoms with Gasteiger partial charge in [0, 0.05) is 17.3 Å². The smallest absolute Gasteiger partial charge is 0.384 e. The Labute approximate surface area is 190 Å². The largest absolute Gasteiger partial charge is 0.433 e. The van der Waals surface area contributed by atoms with Gasteiger partial charge in [0.25, 0.3) is 0 Å². The molecular weight excluding hydrogens is 460 g/mol. The summed E-state index contributed by atoms with van der Waals surface area (Å²) in [5.74, 6) is 5.72. The number of pyridine rings is 1. The van der Waals surface area contributed by atoms with E-state index >= 15 is 0 Å². The zero-order valence-corrected chi connectivity index (χ0v) is 17.8. The molecule has 4 aromatic rings. The van der Waals surface area contributed by atoms with Gasteiger partial charge in [-0.1, -0.05) is 37.8 Å². The predicted molar refractivity (Wildman–Crippen MR) is 114 cm³/mol. The normalized spacial score (nSPS) is 11.4. The van der Waals surface area contributed by atoms with E-state index in [0.717, 1.165) is 36.5 Å². The summed E-state index contributed by atoms with van der Waals surface area (Å²) in [7, 11) is 0. The molecule has 11 heteroatoms. The summed E-state index contributed by atoms with van der Waals surface area (Å²) in [6.07, 6.45) is -6.83. The first-order valence-electron chi connectivity index (χ1n) is 9.89. The molecule has 0 amide bonds. The molecule has 0 aliphatic carbocycles. The second kappa shape index (κ2) is 9.43. The van der Waals surface area contributed by atoms with Gasteiger partial charge in [-0.2, -0.15) is 31.4 Å². The number of nitrogens with two attached hydrogens (primary N) is 1. The van der Waals surface area contributed by atoms with Crippen molar-refractivity contribution in [2.45, 2.75) is 26.2 Å². The van der Waals surface area contributed by atoms with E-state index in [1.165, 1.54) is 12.3 Å². The molecule has 2 N–H and O–H groups in total. The van der Waals surface area contributed by atoms with Crippen LogP contribution in [0.3, 0.4) is 0 Å². The van der Waals surface area contributed by atoms with E-state index in [2.05, 4.69) is 26.9 Å². The Kier molecular flexibility index (Phi) is 6.81. The maximum atomic E-state index is 13.6. The van der Waals surface area contributed by atoms with E-state index in [1.807, 2.05) is 13.8 Å². The summed E-state index contributed by atoms with van der Waals surface area (Å²) in [6, 6.07) is 7.50. The third kappa shape index (κ3) is 5.28. The molecule has 0 bridgehead atoms. The molecule has 0 spiro atoms. The molecule has 1 aromatic carbocycles. The van der Waals surface area contributed by atoms with Crippen molar-refractivity contribution in [3.05, 3.63) is 77.2 Å². The molecule has 0 saturated heterocycles. The van der Waals surface area contributed by atoms with Crippen LogP contribution in [0.2, 0.25) is 0 Å². The lowest BCUT2D eigenvalue weighted by Crippen LogP contribution is -2.13. The van der Waals surface area contributed by atoms with Crippen LogP contribution in [0.15, 0.2) is 54.9 Å². The van der Waals surface area contributed by atoms with Crippen LogP contribution in [0.4, 0.5) is 32.2 Å². The van der Waals surface area contributed by atoms with Crippen molar-refractivity contribution in [1.29, 1.82) is 0 Å². The van der Waals surface area contributed by atoms with Gasteiger partial charge in [-0.25, -0.2) is 14.5 Å². The maximum absolute atomic E-state index is 13.6. The molecule has 0 aliphatic rings. The van der Waals surface area contributed by atoms with Crippen LogP contribution < -0.4 is 5.73 Å². The van der Waals surface area contributed by atoms with E-state index in [-0.39, 0.29) is 28.3 Å². The minimum atomic E-state index is -4.79. The number of alkyl halides is 6. The third-order valence-electron chi connectivity index (χ3n) is 4.40. The van der Waals surface area contributed by atoms with Crippen molar-refractivity contribution in [3.63, 3.8) is 0 Å². The van der Waals surface area contributed by atoms with Crippen molar-refractivity contribution in [1.82, 2.24) is 19.6 Å². The van der Waals surface area contributed by atoms with E-state index in [4.69, 9.17) is 5.73 Å². The van der Waals surface area contributed by atoms with E-state index in [0.29, 0.717) is 10.1 Å². The molecular formula is C23H17F6N5. The highest BCUT2D eigenvalue weighted by Crippen LogP contribution is 2.34. The molecule has 34 heavy (non-hydrogen) atoms. The molecule has 0 saturated carbocycles. The van der Waals surface area contributed by atoms with Gasteiger partial charge in [0.15, 0.2) is 11.3 Å². The van der Waals surface area contributed by atoms with E-state index in [1.54, 1.807) is 6.07 Å². The topological polar surface area (TPSA) is 69.1 Å². The lowest BCUT2D eigenvalue weighted by atomic mass is 10.1. The zero-order chi connectivity index (χ0) is 25.1. The summed E-state index contributed by atoms with van der Waals surface area (Å²) in [5, 5.41) is 3.74. The van der Waals surface area contributed by atoms with Gasteiger partial charge in [0.1, 0.15) is 5.82 Å². The number of rotatable bonds is 1. The van der Waals surface area contributed by atoms with Gasteiger partial charge >= 0.3 is 12.4 Å². The Hall–Kier alpha value is -4.07. The summed E-state index contributed by atoms with van der Waals surface area (Å²) >= 11 is 0. The minimum absolute atomic E-state index is 0.0776. The maximum Gasteiger partial charge on any atom is 0.433 e. The SMILES string of the molecule is CC.Nc1ccc(C#Cc2cnn3c(C(F)(F)F)cc(-c4ccc(C(F)(F)F)cc4)nc23)cn1. The average Bonchev–Trinajstić information content (AvgIpc) is 3.21. The number of hydrogen-bond acceptors (Lipinski definition) is 4. The van der Waals surface area contributed by atoms with Gasteiger partial charge < -0.3 is 5.73 Å². The fourth-order valence-corrected chi connectivity index (χ4v) is 2.85. The van der Waals surface area contributed by atoms with Gasteiger partial charge in [-0.15, -0.1) is 0 Å². The molecule has 0 fully saturated rings. The number of fused-ring (bicyclic) bond motifs is 1. The molecule has 0 unspecified atom stereocenters. The number of benzene rings is 1. The molecule has 0 radical (unpaired) electrons. The Bertz CT molecular complexity index is 1340. The third-order valence-corrected chi connectivity index (χ3v) is 4.40. The molecule has 5 nitrogen and oxygen atoms in total. The number of halogens is 6. The van der Waals surface area contributed by atoms with Crippen LogP contribution in [0.5, 0.6) is 0 Å². The summed E-state index contributed by atoms with van der Waals surface area (Å²) in [6.45, 7) is 4.00. The van der Waals surface area contributed by atoms with Crippen LogP contribution in [0.25, 0.3) is 16.9 Å². The van der Waals surface area contributed by atoms with Crippen LogP contribution in [-0.2, 0) is 12.4 Å². The standard InChI is InChI=1S/C21H11F6N5.C2H6/c22-20(23,24)15-6-4-13(5-7-15)16-9-17(21(25,26)27)32-19(31-16)14(11-30-32)3-1-12-2-8-18(28)29-10-12;1-2/h2,4-11H,(H2,28,29);1-2H3. The quantitative estimate of drug-likeness (QED) is 0.276. The van der Waals surface area contributed by atoms with Gasteiger partial charge in [-0.3, -0.25) is 0 Å². The second-order valence-corrected chi connectivity index (χ2v) is 6.61. The first-order chi connectivity index (χ1) is 16.0. The first kappa shape index (κ1) is 24.6. The van der Waals surface area contributed by atoms with Gasteiger partial charge in [0.2, 0.25) is 0 Å². The van der Waals surface area contributed by atoms with E-state index in [9.17, 15) is 26.3 Å². The summed E-state index contributed by atoms with van der Waals surface area (Å²) < 4.78 is 79.9. The number of nitrogens with zero attached hydrogens (tertiary/aromatic N) is 4. The Morgan fingerprint density at radius 3 is 2.09 bits per heavy atom. The second-order valence-electron chi connectivity index (χ2n) is 6.61. The van der Waals surface area contributed by atoms with Crippen LogP contribution in [0.1, 0.15) is 36.2 Å². The number of nitrogen functional groups attached to an aromatic ring is 1. The first-order valence-corrected chi connectivity index (χ1v) is 9.89. The Balaban J connectivity index is 0.00000158. The highest BCUT2D eigenvalue weighted by Gasteiger charge is 2.36. The van der Waals surface area contributed by atoms with Crippen molar-refractivity contribution < 1.29 is 26.3 Å². The zero-order valence-electron chi connectivity index (χ0n) is 17.8.